The Kier molecular flexibility index (Phi) is 7.42. The van der Waals surface area contributed by atoms with E-state index in [2.05, 4.69) is 26.1 Å². The summed E-state index contributed by atoms with van der Waals surface area (Å²) in [5.41, 5.74) is 2.22. The number of benzene rings is 2. The van der Waals surface area contributed by atoms with Crippen LogP contribution in [0.1, 0.15) is 17.2 Å². The van der Waals surface area contributed by atoms with Crippen LogP contribution in [0.15, 0.2) is 46.9 Å². The maximum Gasteiger partial charge on any atom is 0.258 e. The number of ether oxygens (including phenoxy) is 2. The number of aryl methyl sites for hydroxylation is 1. The molecule has 3 rings (SSSR count). The van der Waals surface area contributed by atoms with Gasteiger partial charge >= 0.3 is 0 Å². The summed E-state index contributed by atoms with van der Waals surface area (Å²) in [7, 11) is 0. The van der Waals surface area contributed by atoms with E-state index in [9.17, 15) is 9.18 Å². The largest absolute Gasteiger partial charge is 0.483 e. The Bertz CT molecular complexity index is 795. The van der Waals surface area contributed by atoms with Crippen molar-refractivity contribution in [3.05, 3.63) is 63.9 Å². The Morgan fingerprint density at radius 2 is 1.96 bits per heavy atom. The highest BCUT2D eigenvalue weighted by atomic mass is 79.9. The lowest BCUT2D eigenvalue weighted by atomic mass is 10.0. The Morgan fingerprint density at radius 1 is 1.25 bits per heavy atom. The molecule has 28 heavy (non-hydrogen) atoms. The molecular formula is C21H24BrFN2O3. The third kappa shape index (κ3) is 6.02. The summed E-state index contributed by atoms with van der Waals surface area (Å²) in [5.74, 6) is -0.166. The molecule has 0 saturated carbocycles. The van der Waals surface area contributed by atoms with Gasteiger partial charge in [-0.3, -0.25) is 9.69 Å². The molecule has 5 nitrogen and oxygen atoms in total. The Balaban J connectivity index is 1.63. The highest BCUT2D eigenvalue weighted by molar-refractivity contribution is 9.10. The lowest BCUT2D eigenvalue weighted by Gasteiger charge is -2.31. The highest BCUT2D eigenvalue weighted by Crippen LogP contribution is 2.25. The van der Waals surface area contributed by atoms with Gasteiger partial charge in [0.25, 0.3) is 5.91 Å². The first-order valence-corrected chi connectivity index (χ1v) is 10.0. The first-order valence-electron chi connectivity index (χ1n) is 9.25. The summed E-state index contributed by atoms with van der Waals surface area (Å²) < 4.78 is 24.6. The van der Waals surface area contributed by atoms with Crippen molar-refractivity contribution in [1.82, 2.24) is 10.2 Å². The summed E-state index contributed by atoms with van der Waals surface area (Å²) in [6.07, 6.45) is 0. The van der Waals surface area contributed by atoms with Gasteiger partial charge in [-0.05, 0) is 46.6 Å². The summed E-state index contributed by atoms with van der Waals surface area (Å²) in [6, 6.07) is 12.1. The van der Waals surface area contributed by atoms with E-state index in [-0.39, 0.29) is 24.4 Å². The van der Waals surface area contributed by atoms with Gasteiger partial charge in [-0.15, -0.1) is 0 Å². The van der Waals surface area contributed by atoms with Crippen LogP contribution in [-0.4, -0.2) is 50.3 Å². The van der Waals surface area contributed by atoms with Crippen LogP contribution in [0.25, 0.3) is 0 Å². The number of morpholine rings is 1. The molecule has 7 heteroatoms. The molecule has 0 radical (unpaired) electrons. The number of rotatable bonds is 7. The summed E-state index contributed by atoms with van der Waals surface area (Å²) in [4.78, 5) is 14.8. The van der Waals surface area contributed by atoms with Gasteiger partial charge < -0.3 is 14.8 Å². The first kappa shape index (κ1) is 20.8. The molecule has 2 aromatic rings. The fourth-order valence-electron chi connectivity index (χ4n) is 3.05. The predicted octanol–water partition coefficient (Wildman–Crippen LogP) is 3.47. The van der Waals surface area contributed by atoms with Gasteiger partial charge in [-0.25, -0.2) is 4.39 Å². The van der Waals surface area contributed by atoms with Crippen LogP contribution in [0.5, 0.6) is 5.75 Å². The highest BCUT2D eigenvalue weighted by Gasteiger charge is 2.20. The van der Waals surface area contributed by atoms with Crippen LogP contribution in [-0.2, 0) is 9.53 Å². The molecule has 150 valence electrons. The SMILES string of the molecule is Cc1ccc(C(CN2CCOCC2)NC(=O)COc2ccc(F)cc2Br)cc1. The van der Waals surface area contributed by atoms with Gasteiger partial charge in [-0.1, -0.05) is 29.8 Å². The van der Waals surface area contributed by atoms with E-state index in [1.807, 2.05) is 31.2 Å². The molecule has 0 aromatic heterocycles. The van der Waals surface area contributed by atoms with Gasteiger partial charge in [0, 0.05) is 19.6 Å². The monoisotopic (exact) mass is 450 g/mol. The number of halogens is 2. The van der Waals surface area contributed by atoms with E-state index in [0.29, 0.717) is 30.0 Å². The van der Waals surface area contributed by atoms with Crippen molar-refractivity contribution in [2.45, 2.75) is 13.0 Å². The minimum absolute atomic E-state index is 0.143. The second-order valence-corrected chi connectivity index (χ2v) is 7.66. The van der Waals surface area contributed by atoms with Crippen molar-refractivity contribution in [2.75, 3.05) is 39.5 Å². The number of nitrogens with one attached hydrogen (secondary N) is 1. The Hall–Kier alpha value is -1.96. The molecule has 1 aliphatic rings. The van der Waals surface area contributed by atoms with Crippen molar-refractivity contribution < 1.29 is 18.7 Å². The maximum absolute atomic E-state index is 13.2. The molecule has 2 aromatic carbocycles. The van der Waals surface area contributed by atoms with Crippen LogP contribution in [0.4, 0.5) is 4.39 Å². The number of carbonyl (C=O) groups excluding carboxylic acids is 1. The maximum atomic E-state index is 13.2. The molecule has 1 unspecified atom stereocenters. The standard InChI is InChI=1S/C21H24BrFN2O3/c1-15-2-4-16(5-3-15)19(13-25-8-10-27-11-9-25)24-21(26)14-28-20-7-6-17(23)12-18(20)22/h2-7,12,19H,8-11,13-14H2,1H3,(H,24,26). The van der Waals surface area contributed by atoms with E-state index in [4.69, 9.17) is 9.47 Å². The van der Waals surface area contributed by atoms with E-state index in [1.54, 1.807) is 0 Å². The fourth-order valence-corrected chi connectivity index (χ4v) is 3.51. The second-order valence-electron chi connectivity index (χ2n) is 6.81. The van der Waals surface area contributed by atoms with Crippen molar-refractivity contribution in [2.24, 2.45) is 0 Å². The van der Waals surface area contributed by atoms with Gasteiger partial charge in [-0.2, -0.15) is 0 Å². The second kappa shape index (κ2) is 10.0. The number of amides is 1. The van der Waals surface area contributed by atoms with Crippen LogP contribution in [0.2, 0.25) is 0 Å². The average molecular weight is 451 g/mol. The summed E-state index contributed by atoms with van der Waals surface area (Å²) in [6.45, 7) is 5.70. The van der Waals surface area contributed by atoms with E-state index in [1.165, 1.54) is 23.8 Å². The van der Waals surface area contributed by atoms with Gasteiger partial charge in [0.05, 0.1) is 23.7 Å². The van der Waals surface area contributed by atoms with Crippen LogP contribution in [0, 0.1) is 12.7 Å². The lowest BCUT2D eigenvalue weighted by molar-refractivity contribution is -0.124. The molecule has 1 fully saturated rings. The molecule has 0 aliphatic carbocycles. The molecule has 1 amide bonds. The Morgan fingerprint density at radius 3 is 2.64 bits per heavy atom. The molecule has 1 saturated heterocycles. The van der Waals surface area contributed by atoms with E-state index < -0.39 is 0 Å². The van der Waals surface area contributed by atoms with E-state index in [0.717, 1.165) is 18.7 Å². The van der Waals surface area contributed by atoms with Gasteiger partial charge in [0.15, 0.2) is 6.61 Å². The smallest absolute Gasteiger partial charge is 0.258 e. The Labute approximate surface area is 172 Å². The normalized spacial score (nSPS) is 15.8. The zero-order chi connectivity index (χ0) is 19.9. The quantitative estimate of drug-likeness (QED) is 0.701. The number of hydrogen-bond donors (Lipinski definition) is 1. The molecule has 0 bridgehead atoms. The van der Waals surface area contributed by atoms with Crippen LogP contribution < -0.4 is 10.1 Å². The third-order valence-corrected chi connectivity index (χ3v) is 5.23. The van der Waals surface area contributed by atoms with Crippen LogP contribution in [0.3, 0.4) is 0 Å². The molecule has 1 atom stereocenters. The molecule has 1 aliphatic heterocycles. The van der Waals surface area contributed by atoms with E-state index >= 15 is 0 Å². The average Bonchev–Trinajstić information content (AvgIpc) is 2.68. The molecule has 1 N–H and O–H groups in total. The zero-order valence-corrected chi connectivity index (χ0v) is 17.4. The first-order chi connectivity index (χ1) is 13.5. The molecule has 0 spiro atoms. The van der Waals surface area contributed by atoms with Crippen molar-refractivity contribution in [3.63, 3.8) is 0 Å². The van der Waals surface area contributed by atoms with Gasteiger partial charge in [0.1, 0.15) is 11.6 Å². The molecular weight excluding hydrogens is 427 g/mol. The summed E-state index contributed by atoms with van der Waals surface area (Å²) >= 11 is 3.24. The lowest BCUT2D eigenvalue weighted by Crippen LogP contribution is -2.44. The van der Waals surface area contributed by atoms with Crippen molar-refractivity contribution >= 4 is 21.8 Å². The number of nitrogens with zero attached hydrogens (tertiary/aromatic N) is 1. The van der Waals surface area contributed by atoms with Crippen LogP contribution >= 0.6 is 15.9 Å². The minimum Gasteiger partial charge on any atom is -0.483 e. The minimum atomic E-state index is -0.367. The van der Waals surface area contributed by atoms with Crippen molar-refractivity contribution in [3.8, 4) is 5.75 Å². The number of hydrogen-bond acceptors (Lipinski definition) is 4. The topological polar surface area (TPSA) is 50.8 Å². The summed E-state index contributed by atoms with van der Waals surface area (Å²) in [5, 5.41) is 3.07. The van der Waals surface area contributed by atoms with Crippen molar-refractivity contribution in [1.29, 1.82) is 0 Å². The van der Waals surface area contributed by atoms with Gasteiger partial charge in [0.2, 0.25) is 0 Å². The fraction of sp³-hybridized carbons (Fsp3) is 0.381. The number of carbonyl (C=O) groups is 1. The predicted molar refractivity (Wildman–Crippen MR) is 109 cm³/mol. The zero-order valence-electron chi connectivity index (χ0n) is 15.8. The third-order valence-electron chi connectivity index (χ3n) is 4.61. The molecule has 1 heterocycles.